The number of hydrogen-bond donors (Lipinski definition) is 1. The minimum Gasteiger partial charge on any atom is -0.497 e. The summed E-state index contributed by atoms with van der Waals surface area (Å²) in [5, 5.41) is 3.44. The Morgan fingerprint density at radius 2 is 1.87 bits per heavy atom. The molecule has 11 heteroatoms. The van der Waals surface area contributed by atoms with E-state index in [9.17, 15) is 14.4 Å². The monoisotopic (exact) mass is 655 g/mol. The van der Waals surface area contributed by atoms with Crippen LogP contribution in [0.3, 0.4) is 0 Å². The van der Waals surface area contributed by atoms with Gasteiger partial charge in [0.15, 0.2) is 5.69 Å². The Kier molecular flexibility index (Phi) is 9.13. The number of nitrogens with zero attached hydrogens (tertiary/aromatic N) is 2. The molecular formula is C36H47F2N3O6. The zero-order valence-corrected chi connectivity index (χ0v) is 28.0. The predicted octanol–water partition coefficient (Wildman–Crippen LogP) is 6.65. The molecule has 3 heterocycles. The largest absolute Gasteiger partial charge is 0.497 e. The summed E-state index contributed by atoms with van der Waals surface area (Å²) in [6.45, 7) is 7.41. The number of alkyl carbamates (subject to hydrolysis) is 1. The fourth-order valence-corrected chi connectivity index (χ4v) is 8.60. The van der Waals surface area contributed by atoms with Gasteiger partial charge >= 0.3 is 6.09 Å². The average Bonchev–Trinajstić information content (AvgIpc) is 3.73. The molecule has 4 aliphatic rings. The van der Waals surface area contributed by atoms with Crippen molar-refractivity contribution in [3.8, 4) is 11.5 Å². The molecule has 9 nitrogen and oxygen atoms in total. The lowest BCUT2D eigenvalue weighted by molar-refractivity contribution is -0.139. The number of amides is 2. The van der Waals surface area contributed by atoms with Gasteiger partial charge in [-0.1, -0.05) is 34.1 Å². The van der Waals surface area contributed by atoms with Crippen LogP contribution in [-0.2, 0) is 20.2 Å². The Labute approximate surface area is 275 Å². The second-order valence-electron chi connectivity index (χ2n) is 15.0. The molecule has 8 atom stereocenters. The van der Waals surface area contributed by atoms with Gasteiger partial charge in [0.1, 0.15) is 36.0 Å². The Morgan fingerprint density at radius 3 is 2.57 bits per heavy atom. The Bertz CT molecular complexity index is 1510. The maximum absolute atomic E-state index is 16.2. The number of aromatic nitrogens is 1. The number of hydrogen-bond acceptors (Lipinski definition) is 7. The van der Waals surface area contributed by atoms with Gasteiger partial charge in [0, 0.05) is 17.7 Å². The van der Waals surface area contributed by atoms with Crippen LogP contribution in [0, 0.1) is 29.1 Å². The molecule has 0 radical (unpaired) electrons. The number of fused-ring (bicyclic) bond motifs is 9. The first-order valence-electron chi connectivity index (χ1n) is 17.1. The molecule has 0 unspecified atom stereocenters. The second kappa shape index (κ2) is 12.8. The number of pyridine rings is 1. The van der Waals surface area contributed by atoms with Gasteiger partial charge in [-0.15, -0.1) is 0 Å². The van der Waals surface area contributed by atoms with Gasteiger partial charge in [-0.25, -0.2) is 9.78 Å². The van der Waals surface area contributed by atoms with Crippen LogP contribution in [0.5, 0.6) is 11.5 Å². The lowest BCUT2D eigenvalue weighted by Gasteiger charge is -2.36. The topological polar surface area (TPSA) is 107 Å². The fourth-order valence-electron chi connectivity index (χ4n) is 8.60. The highest BCUT2D eigenvalue weighted by Crippen LogP contribution is 2.52. The average molecular weight is 656 g/mol. The maximum atomic E-state index is 16.2. The van der Waals surface area contributed by atoms with Crippen LogP contribution >= 0.6 is 0 Å². The summed E-state index contributed by atoms with van der Waals surface area (Å²) in [4.78, 5) is 46.2. The Balaban J connectivity index is 1.42. The summed E-state index contributed by atoms with van der Waals surface area (Å²) >= 11 is 0. The van der Waals surface area contributed by atoms with Gasteiger partial charge in [0.25, 0.3) is 5.92 Å². The summed E-state index contributed by atoms with van der Waals surface area (Å²) < 4.78 is 50.3. The van der Waals surface area contributed by atoms with Gasteiger partial charge in [0.2, 0.25) is 5.91 Å². The van der Waals surface area contributed by atoms with Gasteiger partial charge in [-0.2, -0.15) is 8.78 Å². The molecule has 47 heavy (non-hydrogen) atoms. The molecule has 2 aliphatic carbocycles. The smallest absolute Gasteiger partial charge is 0.408 e. The van der Waals surface area contributed by atoms with E-state index in [1.165, 1.54) is 12.0 Å². The van der Waals surface area contributed by atoms with Gasteiger partial charge in [0.05, 0.1) is 25.2 Å². The van der Waals surface area contributed by atoms with Gasteiger partial charge < -0.3 is 29.2 Å². The van der Waals surface area contributed by atoms with Gasteiger partial charge in [-0.3, -0.25) is 4.79 Å². The minimum absolute atomic E-state index is 0.0142. The van der Waals surface area contributed by atoms with Crippen LogP contribution in [0.25, 0.3) is 10.9 Å². The number of aldehydes is 1. The number of rotatable bonds is 3. The molecule has 2 aromatic rings. The van der Waals surface area contributed by atoms with E-state index >= 15 is 8.78 Å². The molecule has 6 rings (SSSR count). The number of alkyl halides is 2. The molecule has 0 spiro atoms. The van der Waals surface area contributed by atoms with Crippen molar-refractivity contribution < 1.29 is 37.4 Å². The van der Waals surface area contributed by atoms with E-state index in [4.69, 9.17) is 14.2 Å². The number of methoxy groups -OCH3 is 1. The predicted molar refractivity (Wildman–Crippen MR) is 171 cm³/mol. The lowest BCUT2D eigenvalue weighted by Crippen LogP contribution is -2.57. The van der Waals surface area contributed by atoms with Crippen molar-refractivity contribution in [3.63, 3.8) is 0 Å². The highest BCUT2D eigenvalue weighted by molar-refractivity contribution is 5.89. The van der Waals surface area contributed by atoms with E-state index < -0.39 is 59.6 Å². The van der Waals surface area contributed by atoms with Crippen molar-refractivity contribution in [2.75, 3.05) is 13.7 Å². The van der Waals surface area contributed by atoms with Crippen LogP contribution in [0.2, 0.25) is 0 Å². The number of halogens is 2. The highest BCUT2D eigenvalue weighted by Gasteiger charge is 2.51. The molecule has 4 bridgehead atoms. The molecule has 1 N–H and O–H groups in total. The van der Waals surface area contributed by atoms with E-state index in [1.54, 1.807) is 24.3 Å². The second-order valence-corrected chi connectivity index (χ2v) is 15.0. The maximum Gasteiger partial charge on any atom is 0.408 e. The van der Waals surface area contributed by atoms with E-state index in [-0.39, 0.29) is 36.7 Å². The van der Waals surface area contributed by atoms with Crippen LogP contribution in [0.15, 0.2) is 24.3 Å². The zero-order valence-electron chi connectivity index (χ0n) is 28.0. The Morgan fingerprint density at radius 1 is 1.11 bits per heavy atom. The van der Waals surface area contributed by atoms with E-state index in [1.807, 2.05) is 27.7 Å². The molecule has 2 amide bonds. The summed E-state index contributed by atoms with van der Waals surface area (Å²) in [6.07, 6.45) is 3.51. The van der Waals surface area contributed by atoms with E-state index in [0.29, 0.717) is 41.8 Å². The number of nitrogens with one attached hydrogen (secondary N) is 1. The van der Waals surface area contributed by atoms with Crippen molar-refractivity contribution in [2.24, 2.45) is 29.1 Å². The van der Waals surface area contributed by atoms with Crippen molar-refractivity contribution >= 4 is 29.2 Å². The third-order valence-electron chi connectivity index (χ3n) is 11.1. The van der Waals surface area contributed by atoms with Crippen LogP contribution in [-0.4, -0.2) is 66.1 Å². The minimum atomic E-state index is -3.30. The van der Waals surface area contributed by atoms with Crippen molar-refractivity contribution in [1.82, 2.24) is 15.2 Å². The van der Waals surface area contributed by atoms with Crippen molar-refractivity contribution in [3.05, 3.63) is 30.0 Å². The molecule has 256 valence electrons. The van der Waals surface area contributed by atoms with E-state index in [0.717, 1.165) is 25.5 Å². The molecule has 3 fully saturated rings. The molecule has 2 saturated carbocycles. The summed E-state index contributed by atoms with van der Waals surface area (Å²) in [7, 11) is 1.53. The number of benzene rings is 1. The Hall–Kier alpha value is -3.50. The first-order chi connectivity index (χ1) is 22.3. The first-order valence-corrected chi connectivity index (χ1v) is 17.1. The molecule has 1 aromatic carbocycles. The molecule has 1 aromatic heterocycles. The number of carbonyl (C=O) groups is 3. The molecule has 1 saturated heterocycles. The van der Waals surface area contributed by atoms with Crippen molar-refractivity contribution in [2.45, 2.75) is 109 Å². The third kappa shape index (κ3) is 6.38. The SMILES string of the molecule is CC[C@@H]1[C@@H]2CN(C(=O)[C@H](C(C)(C)C)NC(=O)O[C@@H]3[C@H]4CC[C@H](C4)[C@H]3CCCCC(F)(F)c3nc4ccc(OC)cc4cc3O2)[C@@H]1C=O. The highest BCUT2D eigenvalue weighted by atomic mass is 19.3. The lowest BCUT2D eigenvalue weighted by atomic mass is 9.82. The summed E-state index contributed by atoms with van der Waals surface area (Å²) in [5.74, 6) is -3.00. The molecule has 2 aliphatic heterocycles. The van der Waals surface area contributed by atoms with E-state index in [2.05, 4.69) is 10.3 Å². The standard InChI is InChI=1S/C36H47F2N3O6/c1-6-24-27(19-42)41-18-29(24)46-28-17-22-16-23(45-5)12-13-26(22)39-31(28)36(37,38)14-8-7-9-25-20-10-11-21(15-20)30(25)47-34(44)40-32(33(41)43)35(2,3)4/h12-13,16-17,19-21,24-25,27,29-30,32H,6-11,14-15,18H2,1-5H3,(H,40,44)/t20-,21+,24+,25-,27-,29+,30-,32-/m1/s1. The molecular weight excluding hydrogens is 608 g/mol. The van der Waals surface area contributed by atoms with Crippen LogP contribution < -0.4 is 14.8 Å². The summed E-state index contributed by atoms with van der Waals surface area (Å²) in [5.41, 5.74) is -0.767. The fraction of sp³-hybridized carbons (Fsp3) is 0.667. The third-order valence-corrected chi connectivity index (χ3v) is 11.1. The van der Waals surface area contributed by atoms with Crippen LogP contribution in [0.1, 0.15) is 84.8 Å². The normalized spacial score (nSPS) is 32.8. The zero-order chi connectivity index (χ0) is 33.7. The number of ether oxygens (including phenoxy) is 3. The van der Waals surface area contributed by atoms with Crippen LogP contribution in [0.4, 0.5) is 13.6 Å². The summed E-state index contributed by atoms with van der Waals surface area (Å²) in [6, 6.07) is 4.76. The first kappa shape index (κ1) is 33.4. The number of carbonyl (C=O) groups excluding carboxylic acids is 3. The quantitative estimate of drug-likeness (QED) is 0.369. The van der Waals surface area contributed by atoms with Gasteiger partial charge in [-0.05, 0) is 86.0 Å². The van der Waals surface area contributed by atoms with Crippen molar-refractivity contribution in [1.29, 1.82) is 0 Å².